The van der Waals surface area contributed by atoms with E-state index in [2.05, 4.69) is 42.3 Å². The summed E-state index contributed by atoms with van der Waals surface area (Å²) in [7, 11) is 0. The fourth-order valence-corrected chi connectivity index (χ4v) is 3.83. The van der Waals surface area contributed by atoms with Gasteiger partial charge in [0.15, 0.2) is 28.0 Å². The largest absolute Gasteiger partial charge is 0.367 e. The van der Waals surface area contributed by atoms with Crippen LogP contribution in [-0.4, -0.2) is 39.6 Å². The van der Waals surface area contributed by atoms with Gasteiger partial charge >= 0.3 is 0 Å². The number of rotatable bonds is 5. The zero-order chi connectivity index (χ0) is 19.3. The van der Waals surface area contributed by atoms with E-state index in [1.807, 2.05) is 18.2 Å². The SMILES string of the molecule is Clc1nc(N2CCCCCC2)c2nc(Cl)c(NCCc3ccccc3)nc2n1. The van der Waals surface area contributed by atoms with E-state index in [1.165, 1.54) is 18.4 Å². The van der Waals surface area contributed by atoms with Crippen molar-refractivity contribution in [1.82, 2.24) is 19.9 Å². The van der Waals surface area contributed by atoms with Gasteiger partial charge in [-0.3, -0.25) is 0 Å². The lowest BCUT2D eigenvalue weighted by molar-refractivity contribution is 0.726. The monoisotopic (exact) mass is 416 g/mol. The molecule has 1 aromatic carbocycles. The van der Waals surface area contributed by atoms with Gasteiger partial charge in [-0.05, 0) is 36.4 Å². The van der Waals surface area contributed by atoms with E-state index in [-0.39, 0.29) is 5.28 Å². The van der Waals surface area contributed by atoms with Crippen molar-refractivity contribution in [3.63, 3.8) is 0 Å². The van der Waals surface area contributed by atoms with Crippen LogP contribution in [0.2, 0.25) is 10.4 Å². The Hall–Kier alpha value is -2.18. The molecular weight excluding hydrogens is 395 g/mol. The van der Waals surface area contributed by atoms with Crippen molar-refractivity contribution >= 4 is 46.0 Å². The zero-order valence-electron chi connectivity index (χ0n) is 15.5. The molecule has 4 rings (SSSR count). The highest BCUT2D eigenvalue weighted by Crippen LogP contribution is 2.29. The smallest absolute Gasteiger partial charge is 0.226 e. The van der Waals surface area contributed by atoms with E-state index < -0.39 is 0 Å². The second-order valence-electron chi connectivity index (χ2n) is 6.92. The van der Waals surface area contributed by atoms with Gasteiger partial charge in [-0.15, -0.1) is 0 Å². The number of halogens is 2. The highest BCUT2D eigenvalue weighted by Gasteiger charge is 2.19. The molecule has 0 amide bonds. The summed E-state index contributed by atoms with van der Waals surface area (Å²) in [4.78, 5) is 20.1. The van der Waals surface area contributed by atoms with Crippen molar-refractivity contribution in [2.75, 3.05) is 29.9 Å². The van der Waals surface area contributed by atoms with Gasteiger partial charge in [-0.2, -0.15) is 9.97 Å². The molecule has 1 fully saturated rings. The molecule has 0 radical (unpaired) electrons. The summed E-state index contributed by atoms with van der Waals surface area (Å²) < 4.78 is 0. The van der Waals surface area contributed by atoms with Gasteiger partial charge in [-0.1, -0.05) is 54.8 Å². The minimum atomic E-state index is 0.179. The highest BCUT2D eigenvalue weighted by atomic mass is 35.5. The predicted octanol–water partition coefficient (Wildman–Crippen LogP) is 4.76. The number of anilines is 2. The minimum Gasteiger partial charge on any atom is -0.367 e. The Kier molecular flexibility index (Phi) is 6.07. The molecule has 1 aliphatic rings. The van der Waals surface area contributed by atoms with Crippen molar-refractivity contribution in [2.45, 2.75) is 32.1 Å². The van der Waals surface area contributed by atoms with Crippen LogP contribution in [0.15, 0.2) is 30.3 Å². The van der Waals surface area contributed by atoms with Crippen LogP contribution in [0.1, 0.15) is 31.2 Å². The molecular formula is C20H22Cl2N6. The van der Waals surface area contributed by atoms with E-state index in [0.717, 1.165) is 38.2 Å². The van der Waals surface area contributed by atoms with Gasteiger partial charge in [0.1, 0.15) is 0 Å². The summed E-state index contributed by atoms with van der Waals surface area (Å²) in [6.07, 6.45) is 5.58. The molecule has 1 N–H and O–H groups in total. The topological polar surface area (TPSA) is 66.8 Å². The molecule has 0 bridgehead atoms. The highest BCUT2D eigenvalue weighted by molar-refractivity contribution is 6.32. The normalized spacial score (nSPS) is 14.9. The van der Waals surface area contributed by atoms with Crippen molar-refractivity contribution in [1.29, 1.82) is 0 Å². The van der Waals surface area contributed by atoms with Crippen molar-refractivity contribution < 1.29 is 0 Å². The van der Waals surface area contributed by atoms with Gasteiger partial charge in [0.2, 0.25) is 5.28 Å². The fourth-order valence-electron chi connectivity index (χ4n) is 3.47. The maximum absolute atomic E-state index is 6.42. The average molecular weight is 417 g/mol. The van der Waals surface area contributed by atoms with Crippen LogP contribution in [0.25, 0.3) is 11.2 Å². The quantitative estimate of drug-likeness (QED) is 0.604. The van der Waals surface area contributed by atoms with Crippen molar-refractivity contribution in [3.05, 3.63) is 46.3 Å². The third-order valence-electron chi connectivity index (χ3n) is 4.90. The lowest BCUT2D eigenvalue weighted by atomic mass is 10.1. The van der Waals surface area contributed by atoms with E-state index in [4.69, 9.17) is 23.2 Å². The molecule has 146 valence electrons. The van der Waals surface area contributed by atoms with Crippen LogP contribution in [0, 0.1) is 0 Å². The summed E-state index contributed by atoms with van der Waals surface area (Å²) >= 11 is 12.6. The van der Waals surface area contributed by atoms with Gasteiger partial charge in [0, 0.05) is 19.6 Å². The summed E-state index contributed by atoms with van der Waals surface area (Å²) in [5.41, 5.74) is 2.31. The molecule has 8 heteroatoms. The number of aromatic nitrogens is 4. The standard InChI is InChI=1S/C20H22Cl2N6/c21-16-18(23-11-10-14-8-4-3-5-9-14)25-17-15(24-16)19(27-20(22)26-17)28-12-6-1-2-7-13-28/h3-5,8-9H,1-2,6-7,10-13H2,(H,23,25,26,27). The zero-order valence-corrected chi connectivity index (χ0v) is 17.0. The van der Waals surface area contributed by atoms with Crippen LogP contribution in [0.4, 0.5) is 11.6 Å². The Balaban J connectivity index is 1.59. The molecule has 3 heterocycles. The van der Waals surface area contributed by atoms with Crippen LogP contribution in [-0.2, 0) is 6.42 Å². The van der Waals surface area contributed by atoms with E-state index in [0.29, 0.717) is 28.7 Å². The molecule has 0 unspecified atom stereocenters. The van der Waals surface area contributed by atoms with Crippen molar-refractivity contribution in [2.24, 2.45) is 0 Å². The lowest BCUT2D eigenvalue weighted by Crippen LogP contribution is -2.25. The van der Waals surface area contributed by atoms with Gasteiger partial charge in [0.05, 0.1) is 0 Å². The first-order valence-electron chi connectivity index (χ1n) is 9.64. The average Bonchev–Trinajstić information content (AvgIpc) is 2.98. The molecule has 0 aliphatic carbocycles. The van der Waals surface area contributed by atoms with E-state index in [9.17, 15) is 0 Å². The Bertz CT molecular complexity index is 942. The molecule has 6 nitrogen and oxygen atoms in total. The van der Waals surface area contributed by atoms with Gasteiger partial charge in [-0.25, -0.2) is 9.97 Å². The van der Waals surface area contributed by atoms with Crippen LogP contribution in [0.5, 0.6) is 0 Å². The Labute approximate surface area is 174 Å². The Morgan fingerprint density at radius 2 is 1.64 bits per heavy atom. The summed E-state index contributed by atoms with van der Waals surface area (Å²) in [5.74, 6) is 1.24. The van der Waals surface area contributed by atoms with Gasteiger partial charge in [0.25, 0.3) is 0 Å². The van der Waals surface area contributed by atoms with Crippen LogP contribution in [0.3, 0.4) is 0 Å². The first-order valence-corrected chi connectivity index (χ1v) is 10.4. The lowest BCUT2D eigenvalue weighted by Gasteiger charge is -2.22. The number of nitrogens with one attached hydrogen (secondary N) is 1. The molecule has 0 spiro atoms. The fraction of sp³-hybridized carbons (Fsp3) is 0.400. The Morgan fingerprint density at radius 1 is 0.893 bits per heavy atom. The number of nitrogens with zero attached hydrogens (tertiary/aromatic N) is 5. The predicted molar refractivity (Wildman–Crippen MR) is 114 cm³/mol. The summed E-state index contributed by atoms with van der Waals surface area (Å²) in [6.45, 7) is 2.55. The maximum Gasteiger partial charge on any atom is 0.226 e. The molecule has 28 heavy (non-hydrogen) atoms. The maximum atomic E-state index is 6.42. The van der Waals surface area contributed by atoms with E-state index in [1.54, 1.807) is 0 Å². The first-order chi connectivity index (χ1) is 13.7. The number of benzene rings is 1. The number of fused-ring (bicyclic) bond motifs is 1. The minimum absolute atomic E-state index is 0.179. The molecule has 2 aromatic heterocycles. The van der Waals surface area contributed by atoms with E-state index >= 15 is 0 Å². The third-order valence-corrected chi connectivity index (χ3v) is 5.33. The summed E-state index contributed by atoms with van der Waals surface area (Å²) in [5, 5.41) is 3.76. The molecule has 0 atom stereocenters. The van der Waals surface area contributed by atoms with Crippen LogP contribution >= 0.6 is 23.2 Å². The first kappa shape index (κ1) is 19.2. The summed E-state index contributed by atoms with van der Waals surface area (Å²) in [6, 6.07) is 10.3. The second kappa shape index (κ2) is 8.88. The molecule has 1 saturated heterocycles. The Morgan fingerprint density at radius 3 is 2.39 bits per heavy atom. The molecule has 3 aromatic rings. The van der Waals surface area contributed by atoms with Crippen LogP contribution < -0.4 is 10.2 Å². The second-order valence-corrected chi connectivity index (χ2v) is 7.61. The number of hydrogen-bond acceptors (Lipinski definition) is 6. The van der Waals surface area contributed by atoms with Crippen molar-refractivity contribution in [3.8, 4) is 0 Å². The molecule has 1 aliphatic heterocycles. The number of hydrogen-bond donors (Lipinski definition) is 1. The van der Waals surface area contributed by atoms with Gasteiger partial charge < -0.3 is 10.2 Å². The molecule has 0 saturated carbocycles. The third kappa shape index (κ3) is 4.45.